The van der Waals surface area contributed by atoms with Gasteiger partial charge in [-0.15, -0.1) is 11.3 Å². The zero-order valence-corrected chi connectivity index (χ0v) is 23.9. The van der Waals surface area contributed by atoms with E-state index in [1.165, 1.54) is 11.3 Å². The molecule has 0 aliphatic carbocycles. The summed E-state index contributed by atoms with van der Waals surface area (Å²) in [5, 5.41) is 9.85. The monoisotopic (exact) mass is 571 g/mol. The van der Waals surface area contributed by atoms with E-state index in [9.17, 15) is 9.59 Å². The van der Waals surface area contributed by atoms with Gasteiger partial charge in [0.1, 0.15) is 11.2 Å². The molecule has 0 unspecified atom stereocenters. The van der Waals surface area contributed by atoms with E-state index in [4.69, 9.17) is 19.3 Å². The van der Waals surface area contributed by atoms with Crippen molar-refractivity contribution in [1.29, 1.82) is 0 Å². The van der Waals surface area contributed by atoms with E-state index in [2.05, 4.69) is 46.9 Å². The molecule has 0 aliphatic heterocycles. The average Bonchev–Trinajstić information content (AvgIpc) is 3.47. The largest absolute Gasteiger partial charge is 0.463 e. The van der Waals surface area contributed by atoms with Crippen LogP contribution in [-0.2, 0) is 29.4 Å². The molecule has 0 amide bonds. The first-order chi connectivity index (χ1) is 20.1. The number of hydrogen-bond donors (Lipinski definition) is 1. The molecule has 0 atom stereocenters. The van der Waals surface area contributed by atoms with E-state index in [0.29, 0.717) is 11.7 Å². The van der Waals surface area contributed by atoms with Crippen molar-refractivity contribution in [3.05, 3.63) is 119 Å². The number of rotatable bonds is 14. The summed E-state index contributed by atoms with van der Waals surface area (Å²) in [6.07, 6.45) is 1.66. The Morgan fingerprint density at radius 2 is 1.41 bits per heavy atom. The van der Waals surface area contributed by atoms with Crippen LogP contribution in [-0.4, -0.2) is 42.5 Å². The van der Waals surface area contributed by atoms with Crippen LogP contribution in [0.3, 0.4) is 0 Å². The van der Waals surface area contributed by atoms with Crippen molar-refractivity contribution in [2.45, 2.75) is 32.2 Å². The molecule has 4 aromatic rings. The predicted molar refractivity (Wildman–Crippen MR) is 160 cm³/mol. The Morgan fingerprint density at radius 3 is 1.93 bits per heavy atom. The Bertz CT molecular complexity index is 1330. The third kappa shape index (κ3) is 7.37. The fourth-order valence-electron chi connectivity index (χ4n) is 4.29. The molecule has 212 valence electrons. The number of hydrogen-bond acceptors (Lipinski definition) is 9. The number of nitrogens with one attached hydrogen (secondary N) is 1. The SMILES string of the molecule is CCCCOC(=O)CO/N=C(/C(=O)OCC)c1csc(NC(c2ccccc2)(c2ccccc2)c2ccccc2)n1. The lowest BCUT2D eigenvalue weighted by Gasteiger charge is -2.36. The lowest BCUT2D eigenvalue weighted by molar-refractivity contribution is -0.149. The summed E-state index contributed by atoms with van der Waals surface area (Å²) in [7, 11) is 0. The Balaban J connectivity index is 1.70. The Labute approximate surface area is 244 Å². The highest BCUT2D eigenvalue weighted by Crippen LogP contribution is 2.40. The summed E-state index contributed by atoms with van der Waals surface area (Å²) < 4.78 is 10.3. The highest BCUT2D eigenvalue weighted by atomic mass is 32.1. The van der Waals surface area contributed by atoms with Gasteiger partial charge in [-0.3, -0.25) is 0 Å². The van der Waals surface area contributed by atoms with Crippen molar-refractivity contribution in [3.8, 4) is 0 Å². The second-order valence-corrected chi connectivity index (χ2v) is 9.88. The molecule has 3 aromatic carbocycles. The molecule has 0 spiro atoms. The number of carbonyl (C=O) groups is 2. The fraction of sp³-hybridized carbons (Fsp3) is 0.250. The molecule has 0 saturated heterocycles. The highest BCUT2D eigenvalue weighted by Gasteiger charge is 2.37. The summed E-state index contributed by atoms with van der Waals surface area (Å²) in [6.45, 7) is 3.72. The first-order valence-electron chi connectivity index (χ1n) is 13.5. The average molecular weight is 572 g/mol. The lowest BCUT2D eigenvalue weighted by atomic mass is 9.77. The van der Waals surface area contributed by atoms with Crippen LogP contribution in [0.5, 0.6) is 0 Å². The van der Waals surface area contributed by atoms with E-state index in [-0.39, 0.29) is 18.0 Å². The van der Waals surface area contributed by atoms with Crippen LogP contribution in [0.4, 0.5) is 5.13 Å². The van der Waals surface area contributed by atoms with Crippen LogP contribution in [0, 0.1) is 0 Å². The van der Waals surface area contributed by atoms with Gasteiger partial charge >= 0.3 is 11.9 Å². The van der Waals surface area contributed by atoms with E-state index in [0.717, 1.165) is 29.5 Å². The third-order valence-electron chi connectivity index (χ3n) is 6.23. The number of aromatic nitrogens is 1. The summed E-state index contributed by atoms with van der Waals surface area (Å²) >= 11 is 1.32. The first-order valence-corrected chi connectivity index (χ1v) is 14.4. The molecule has 1 heterocycles. The van der Waals surface area contributed by atoms with E-state index in [1.54, 1.807) is 12.3 Å². The molecule has 41 heavy (non-hydrogen) atoms. The number of carbonyl (C=O) groups excluding carboxylic acids is 2. The van der Waals surface area contributed by atoms with Crippen molar-refractivity contribution in [3.63, 3.8) is 0 Å². The smallest absolute Gasteiger partial charge is 0.362 e. The molecule has 0 bridgehead atoms. The summed E-state index contributed by atoms with van der Waals surface area (Å²) in [5.41, 5.74) is 2.37. The van der Waals surface area contributed by atoms with Crippen LogP contribution < -0.4 is 5.32 Å². The minimum Gasteiger partial charge on any atom is -0.463 e. The fourth-order valence-corrected chi connectivity index (χ4v) is 5.04. The van der Waals surface area contributed by atoms with Crippen molar-refractivity contribution < 1.29 is 23.9 Å². The van der Waals surface area contributed by atoms with E-state index >= 15 is 0 Å². The molecule has 9 heteroatoms. The number of esters is 2. The van der Waals surface area contributed by atoms with Crippen molar-refractivity contribution >= 4 is 34.1 Å². The van der Waals surface area contributed by atoms with Gasteiger partial charge in [-0.25, -0.2) is 14.6 Å². The minimum absolute atomic E-state index is 0.137. The Morgan fingerprint density at radius 1 is 0.854 bits per heavy atom. The summed E-state index contributed by atoms with van der Waals surface area (Å²) in [4.78, 5) is 34.6. The molecule has 0 fully saturated rings. The quantitative estimate of drug-likeness (QED) is 0.0635. The molecular formula is C32H33N3O5S. The predicted octanol–water partition coefficient (Wildman–Crippen LogP) is 6.17. The van der Waals surface area contributed by atoms with Crippen LogP contribution >= 0.6 is 11.3 Å². The number of oxime groups is 1. The maximum absolute atomic E-state index is 12.8. The molecule has 0 radical (unpaired) electrons. The van der Waals surface area contributed by atoms with Crippen LogP contribution in [0.1, 0.15) is 49.1 Å². The normalized spacial score (nSPS) is 11.5. The van der Waals surface area contributed by atoms with Gasteiger partial charge in [-0.1, -0.05) is 109 Å². The van der Waals surface area contributed by atoms with Gasteiger partial charge < -0.3 is 19.6 Å². The summed E-state index contributed by atoms with van der Waals surface area (Å²) in [6, 6.07) is 30.4. The second kappa shape index (κ2) is 14.8. The van der Waals surface area contributed by atoms with E-state index in [1.807, 2.05) is 61.5 Å². The van der Waals surface area contributed by atoms with Crippen molar-refractivity contribution in [2.75, 3.05) is 25.1 Å². The molecule has 1 aromatic heterocycles. The standard InChI is InChI=1S/C32H33N3O5S/c1-3-5-21-39-28(36)22-40-35-29(30(37)38-4-2)27-23-41-31(33-27)34-32(24-15-9-6-10-16-24,25-17-11-7-12-18-25)26-19-13-8-14-20-26/h6-20,23H,3-5,21-22H2,1-2H3,(H,33,34)/b35-29+. The van der Waals surface area contributed by atoms with Gasteiger partial charge in [-0.05, 0) is 30.0 Å². The maximum atomic E-state index is 12.8. The molecule has 1 N–H and O–H groups in total. The van der Waals surface area contributed by atoms with Gasteiger partial charge in [-0.2, -0.15) is 0 Å². The van der Waals surface area contributed by atoms with Gasteiger partial charge in [0.25, 0.3) is 0 Å². The molecule has 8 nitrogen and oxygen atoms in total. The van der Waals surface area contributed by atoms with Crippen molar-refractivity contribution in [2.24, 2.45) is 5.16 Å². The topological polar surface area (TPSA) is 99.1 Å². The molecule has 4 rings (SSSR count). The number of nitrogens with zero attached hydrogens (tertiary/aromatic N) is 2. The van der Waals surface area contributed by atoms with Crippen LogP contribution in [0.25, 0.3) is 0 Å². The number of benzene rings is 3. The molecule has 0 aliphatic rings. The molecule has 0 saturated carbocycles. The van der Waals surface area contributed by atoms with E-state index < -0.39 is 24.1 Å². The highest BCUT2D eigenvalue weighted by molar-refractivity contribution is 7.14. The molecular weight excluding hydrogens is 538 g/mol. The van der Waals surface area contributed by atoms with Gasteiger partial charge in [0.2, 0.25) is 12.3 Å². The van der Waals surface area contributed by atoms with Gasteiger partial charge in [0.15, 0.2) is 5.13 Å². The number of ether oxygens (including phenoxy) is 2. The van der Waals surface area contributed by atoms with Crippen molar-refractivity contribution in [1.82, 2.24) is 4.98 Å². The zero-order valence-electron chi connectivity index (χ0n) is 23.1. The Hall–Kier alpha value is -4.50. The number of thiazole rings is 1. The summed E-state index contributed by atoms with van der Waals surface area (Å²) in [5.74, 6) is -1.27. The van der Waals surface area contributed by atoms with Gasteiger partial charge in [0.05, 0.1) is 13.2 Å². The maximum Gasteiger partial charge on any atom is 0.362 e. The number of unbranched alkanes of at least 4 members (excludes halogenated alkanes) is 1. The van der Waals surface area contributed by atoms with Gasteiger partial charge in [0, 0.05) is 5.38 Å². The first kappa shape index (κ1) is 29.5. The Kier molecular flexibility index (Phi) is 10.6. The van der Waals surface area contributed by atoms with Crippen LogP contribution in [0.2, 0.25) is 0 Å². The van der Waals surface area contributed by atoms with Crippen LogP contribution in [0.15, 0.2) is 102 Å². The minimum atomic E-state index is -0.793. The lowest BCUT2D eigenvalue weighted by Crippen LogP contribution is -2.38. The third-order valence-corrected chi connectivity index (χ3v) is 6.99. The number of anilines is 1. The second-order valence-electron chi connectivity index (χ2n) is 9.02. The zero-order chi connectivity index (χ0) is 28.9.